The molecule has 0 aliphatic rings. The zero-order valence-corrected chi connectivity index (χ0v) is 13.8. The summed E-state index contributed by atoms with van der Waals surface area (Å²) in [6.07, 6.45) is 0.211. The molecule has 0 aliphatic heterocycles. The van der Waals surface area contributed by atoms with Gasteiger partial charge in [-0.05, 0) is 36.2 Å². The van der Waals surface area contributed by atoms with Crippen molar-refractivity contribution >= 4 is 11.6 Å². The highest BCUT2D eigenvalue weighted by atomic mass is 19.2. The SMILES string of the molecule is COc1ccc(NC(N)=NCCc2cc(F)c(F)c(F)c2)cc1OC. The van der Waals surface area contributed by atoms with E-state index < -0.39 is 17.5 Å². The normalized spacial score (nSPS) is 11.3. The summed E-state index contributed by atoms with van der Waals surface area (Å²) in [6.45, 7) is 0.177. The molecule has 0 aromatic heterocycles. The molecule has 0 radical (unpaired) electrons. The molecule has 0 aliphatic carbocycles. The Labute approximate surface area is 143 Å². The fourth-order valence-electron chi connectivity index (χ4n) is 2.16. The Hall–Kier alpha value is -2.90. The molecule has 8 heteroatoms. The maximum Gasteiger partial charge on any atom is 0.194 e. The molecule has 0 fully saturated rings. The summed E-state index contributed by atoms with van der Waals surface area (Å²) in [7, 11) is 3.04. The van der Waals surface area contributed by atoms with Crippen LogP contribution in [0.4, 0.5) is 18.9 Å². The van der Waals surface area contributed by atoms with E-state index in [0.29, 0.717) is 22.7 Å². The van der Waals surface area contributed by atoms with Gasteiger partial charge >= 0.3 is 0 Å². The first-order valence-corrected chi connectivity index (χ1v) is 7.37. The second-order valence-corrected chi connectivity index (χ2v) is 5.09. The molecule has 0 spiro atoms. The standard InChI is InChI=1S/C17H18F3N3O2/c1-24-14-4-3-11(9-15(14)25-2)23-17(21)22-6-5-10-7-12(18)16(20)13(19)8-10/h3-4,7-9H,5-6H2,1-2H3,(H3,21,22,23). The molecule has 0 bridgehead atoms. The Kier molecular flexibility index (Phi) is 6.10. The number of aliphatic imine (C=N–C) groups is 1. The molecule has 25 heavy (non-hydrogen) atoms. The first-order valence-electron chi connectivity index (χ1n) is 7.37. The Morgan fingerprint density at radius 1 is 1.04 bits per heavy atom. The second kappa shape index (κ2) is 8.27. The van der Waals surface area contributed by atoms with E-state index in [1.54, 1.807) is 18.2 Å². The fraction of sp³-hybridized carbons (Fsp3) is 0.235. The zero-order valence-electron chi connectivity index (χ0n) is 13.8. The minimum atomic E-state index is -1.48. The van der Waals surface area contributed by atoms with E-state index in [4.69, 9.17) is 15.2 Å². The van der Waals surface area contributed by atoms with Crippen LogP contribution in [-0.4, -0.2) is 26.7 Å². The number of benzene rings is 2. The van der Waals surface area contributed by atoms with Gasteiger partial charge in [-0.3, -0.25) is 4.99 Å². The van der Waals surface area contributed by atoms with Crippen molar-refractivity contribution < 1.29 is 22.6 Å². The second-order valence-electron chi connectivity index (χ2n) is 5.09. The lowest BCUT2D eigenvalue weighted by Crippen LogP contribution is -2.23. The van der Waals surface area contributed by atoms with Gasteiger partial charge in [0.05, 0.1) is 14.2 Å². The summed E-state index contributed by atoms with van der Waals surface area (Å²) in [4.78, 5) is 4.07. The van der Waals surface area contributed by atoms with E-state index >= 15 is 0 Å². The third-order valence-corrected chi connectivity index (χ3v) is 3.38. The van der Waals surface area contributed by atoms with Gasteiger partial charge in [-0.15, -0.1) is 0 Å². The van der Waals surface area contributed by atoms with Gasteiger partial charge in [0.1, 0.15) is 0 Å². The van der Waals surface area contributed by atoms with Crippen molar-refractivity contribution in [3.63, 3.8) is 0 Å². The van der Waals surface area contributed by atoms with E-state index in [1.165, 1.54) is 14.2 Å². The number of rotatable bonds is 6. The number of ether oxygens (including phenoxy) is 2. The lowest BCUT2D eigenvalue weighted by atomic mass is 10.1. The average molecular weight is 353 g/mol. The minimum absolute atomic E-state index is 0.121. The van der Waals surface area contributed by atoms with Crippen LogP contribution in [0.5, 0.6) is 11.5 Å². The molecule has 134 valence electrons. The number of guanidine groups is 1. The molecular weight excluding hydrogens is 335 g/mol. The summed E-state index contributed by atoms with van der Waals surface area (Å²) in [5, 5.41) is 2.87. The Bertz CT molecular complexity index is 759. The topological polar surface area (TPSA) is 68.9 Å². The largest absolute Gasteiger partial charge is 0.493 e. The molecule has 2 aromatic carbocycles. The third-order valence-electron chi connectivity index (χ3n) is 3.38. The number of nitrogens with zero attached hydrogens (tertiary/aromatic N) is 1. The van der Waals surface area contributed by atoms with Crippen molar-refractivity contribution in [3.8, 4) is 11.5 Å². The maximum absolute atomic E-state index is 13.1. The van der Waals surface area contributed by atoms with Gasteiger partial charge in [0.2, 0.25) is 0 Å². The van der Waals surface area contributed by atoms with Crippen LogP contribution in [0.1, 0.15) is 5.56 Å². The lowest BCUT2D eigenvalue weighted by Gasteiger charge is -2.11. The Morgan fingerprint density at radius 3 is 2.28 bits per heavy atom. The summed E-state index contributed by atoms with van der Waals surface area (Å²) in [5.41, 5.74) is 6.70. The van der Waals surface area contributed by atoms with Crippen molar-refractivity contribution in [1.82, 2.24) is 0 Å². The number of methoxy groups -OCH3 is 2. The van der Waals surface area contributed by atoms with Crippen molar-refractivity contribution in [1.29, 1.82) is 0 Å². The first-order chi connectivity index (χ1) is 11.9. The average Bonchev–Trinajstić information content (AvgIpc) is 2.59. The number of nitrogens with two attached hydrogens (primary N) is 1. The summed E-state index contributed by atoms with van der Waals surface area (Å²) >= 11 is 0. The lowest BCUT2D eigenvalue weighted by molar-refractivity contribution is 0.355. The number of halogens is 3. The van der Waals surface area contributed by atoms with Gasteiger partial charge in [0.15, 0.2) is 34.9 Å². The van der Waals surface area contributed by atoms with Crippen molar-refractivity contribution in [2.24, 2.45) is 10.7 Å². The van der Waals surface area contributed by atoms with Crippen LogP contribution in [0.15, 0.2) is 35.3 Å². The highest BCUT2D eigenvalue weighted by molar-refractivity contribution is 5.92. The van der Waals surface area contributed by atoms with Crippen LogP contribution in [0.3, 0.4) is 0 Å². The first kappa shape index (κ1) is 18.4. The van der Waals surface area contributed by atoms with E-state index in [2.05, 4.69) is 10.3 Å². The van der Waals surface area contributed by atoms with Crippen LogP contribution in [0, 0.1) is 17.5 Å². The molecule has 5 nitrogen and oxygen atoms in total. The maximum atomic E-state index is 13.1. The highest BCUT2D eigenvalue weighted by Crippen LogP contribution is 2.29. The predicted octanol–water partition coefficient (Wildman–Crippen LogP) is 3.09. The molecule has 0 saturated carbocycles. The molecule has 2 rings (SSSR count). The molecule has 3 N–H and O–H groups in total. The molecule has 0 heterocycles. The summed E-state index contributed by atoms with van der Waals surface area (Å²) < 4.78 is 49.5. The number of hydrogen-bond donors (Lipinski definition) is 2. The van der Waals surface area contributed by atoms with Crippen LogP contribution in [0.25, 0.3) is 0 Å². The van der Waals surface area contributed by atoms with Crippen LogP contribution >= 0.6 is 0 Å². The van der Waals surface area contributed by atoms with Crippen LogP contribution < -0.4 is 20.5 Å². The molecule has 0 unspecified atom stereocenters. The monoisotopic (exact) mass is 353 g/mol. The summed E-state index contributed by atoms with van der Waals surface area (Å²) in [6, 6.07) is 7.00. The highest BCUT2D eigenvalue weighted by Gasteiger charge is 2.10. The predicted molar refractivity (Wildman–Crippen MR) is 89.7 cm³/mol. The number of nitrogens with one attached hydrogen (secondary N) is 1. The fourth-order valence-corrected chi connectivity index (χ4v) is 2.16. The van der Waals surface area contributed by atoms with Gasteiger partial charge in [-0.1, -0.05) is 0 Å². The summed E-state index contributed by atoms with van der Waals surface area (Å²) in [5.74, 6) is -2.72. The van der Waals surface area contributed by atoms with Gasteiger partial charge in [-0.2, -0.15) is 0 Å². The van der Waals surface area contributed by atoms with Gasteiger partial charge in [0.25, 0.3) is 0 Å². The van der Waals surface area contributed by atoms with Crippen LogP contribution in [0.2, 0.25) is 0 Å². The molecule has 2 aromatic rings. The minimum Gasteiger partial charge on any atom is -0.493 e. The van der Waals surface area contributed by atoms with E-state index in [-0.39, 0.29) is 18.9 Å². The molecule has 0 atom stereocenters. The Balaban J connectivity index is 1.98. The molecule has 0 saturated heterocycles. The smallest absolute Gasteiger partial charge is 0.194 e. The molecular formula is C17H18F3N3O2. The quantitative estimate of drug-likeness (QED) is 0.476. The van der Waals surface area contributed by atoms with Crippen molar-refractivity contribution in [2.45, 2.75) is 6.42 Å². The zero-order chi connectivity index (χ0) is 18.4. The van der Waals surface area contributed by atoms with E-state index in [9.17, 15) is 13.2 Å². The van der Waals surface area contributed by atoms with E-state index in [1.807, 2.05) is 0 Å². The van der Waals surface area contributed by atoms with Gasteiger partial charge < -0.3 is 20.5 Å². The Morgan fingerprint density at radius 2 is 1.68 bits per heavy atom. The van der Waals surface area contributed by atoms with Gasteiger partial charge in [-0.25, -0.2) is 13.2 Å². The van der Waals surface area contributed by atoms with Crippen molar-refractivity contribution in [2.75, 3.05) is 26.1 Å². The van der Waals surface area contributed by atoms with E-state index in [0.717, 1.165) is 12.1 Å². The number of hydrogen-bond acceptors (Lipinski definition) is 3. The molecule has 0 amide bonds. The number of anilines is 1. The van der Waals surface area contributed by atoms with Gasteiger partial charge in [0, 0.05) is 18.3 Å². The third kappa shape index (κ3) is 4.79. The van der Waals surface area contributed by atoms with Crippen molar-refractivity contribution in [3.05, 3.63) is 53.3 Å². The van der Waals surface area contributed by atoms with Crippen LogP contribution in [-0.2, 0) is 6.42 Å².